The van der Waals surface area contributed by atoms with E-state index in [-0.39, 0.29) is 11.7 Å². The van der Waals surface area contributed by atoms with Crippen LogP contribution in [0.25, 0.3) is 0 Å². The van der Waals surface area contributed by atoms with Crippen LogP contribution in [0.15, 0.2) is 23.8 Å². The monoisotopic (exact) mass is 426 g/mol. The molecule has 6 atom stereocenters. The Hall–Kier alpha value is -0.560. The minimum Gasteiger partial charge on any atom is -0.367 e. The molecule has 3 fully saturated rings. The molecule has 3 aliphatic carbocycles. The highest BCUT2D eigenvalue weighted by Crippen LogP contribution is 2.64. The Morgan fingerprint density at radius 1 is 0.903 bits per heavy atom. The van der Waals surface area contributed by atoms with Crippen molar-refractivity contribution in [3.8, 4) is 0 Å². The Kier molecular flexibility index (Phi) is 6.11. The summed E-state index contributed by atoms with van der Waals surface area (Å²) < 4.78 is 7.31. The van der Waals surface area contributed by atoms with Crippen LogP contribution in [0.3, 0.4) is 0 Å². The largest absolute Gasteiger partial charge is 0.367 e. The van der Waals surface area contributed by atoms with Crippen molar-refractivity contribution in [2.24, 2.45) is 34.0 Å². The summed E-state index contributed by atoms with van der Waals surface area (Å²) in [5.41, 5.74) is 4.21. The summed E-state index contributed by atoms with van der Waals surface area (Å²) in [4.78, 5) is 0. The van der Waals surface area contributed by atoms with E-state index in [1.807, 2.05) is 0 Å². The first-order valence-corrected chi connectivity index (χ1v) is 13.4. The quantitative estimate of drug-likeness (QED) is 0.400. The van der Waals surface area contributed by atoms with Crippen LogP contribution in [0, 0.1) is 34.0 Å². The van der Waals surface area contributed by atoms with Gasteiger partial charge in [0, 0.05) is 0 Å². The fourth-order valence-corrected chi connectivity index (χ4v) is 9.02. The molecule has 0 bridgehead atoms. The fraction of sp³-hybridized carbons (Fsp3) is 0.867. The average Bonchev–Trinajstić information content (AvgIpc) is 2.64. The van der Waals surface area contributed by atoms with Crippen molar-refractivity contribution in [3.05, 3.63) is 23.8 Å². The maximum Gasteiger partial charge on any atom is 0.0795 e. The molecule has 176 valence electrons. The maximum absolute atomic E-state index is 7.31. The topological polar surface area (TPSA) is 9.23 Å². The van der Waals surface area contributed by atoms with Crippen molar-refractivity contribution in [1.82, 2.24) is 0 Å². The second kappa shape index (κ2) is 8.03. The number of hydrogen-bond donors (Lipinski definition) is 0. The van der Waals surface area contributed by atoms with Gasteiger partial charge >= 0.3 is 0 Å². The lowest BCUT2D eigenvalue weighted by molar-refractivity contribution is -0.209. The highest BCUT2D eigenvalue weighted by atomic mass is 16.5. The lowest BCUT2D eigenvalue weighted by Gasteiger charge is -2.63. The second-order valence-electron chi connectivity index (χ2n) is 13.7. The summed E-state index contributed by atoms with van der Waals surface area (Å²) in [7, 11) is 0. The van der Waals surface area contributed by atoms with E-state index in [4.69, 9.17) is 4.74 Å². The normalized spacial score (nSPS) is 45.0. The van der Waals surface area contributed by atoms with E-state index >= 15 is 0 Å². The van der Waals surface area contributed by atoms with Gasteiger partial charge in [0.2, 0.25) is 0 Å². The summed E-state index contributed by atoms with van der Waals surface area (Å²) in [5, 5.41) is 0. The van der Waals surface area contributed by atoms with E-state index in [1.54, 1.807) is 0 Å². The maximum atomic E-state index is 7.31. The predicted molar refractivity (Wildman–Crippen MR) is 133 cm³/mol. The van der Waals surface area contributed by atoms with Gasteiger partial charge in [-0.25, -0.2) is 0 Å². The Balaban J connectivity index is 1.63. The third-order valence-corrected chi connectivity index (χ3v) is 10.8. The molecule has 0 radical (unpaired) electrons. The molecule has 3 saturated carbocycles. The summed E-state index contributed by atoms with van der Waals surface area (Å²) >= 11 is 0. The molecule has 0 unspecified atom stereocenters. The molecule has 4 aliphatic rings. The van der Waals surface area contributed by atoms with Crippen molar-refractivity contribution in [1.29, 1.82) is 0 Å². The van der Waals surface area contributed by atoms with Gasteiger partial charge in [0.1, 0.15) is 0 Å². The van der Waals surface area contributed by atoms with Gasteiger partial charge in [0.05, 0.1) is 11.7 Å². The van der Waals surface area contributed by atoms with Crippen LogP contribution >= 0.6 is 0 Å². The summed E-state index contributed by atoms with van der Waals surface area (Å²) in [6.07, 6.45) is 17.0. The Morgan fingerprint density at radius 3 is 2.32 bits per heavy atom. The molecule has 0 saturated heterocycles. The van der Waals surface area contributed by atoms with Crippen LogP contribution < -0.4 is 0 Å². The Bertz CT molecular complexity index is 727. The second-order valence-corrected chi connectivity index (χ2v) is 13.7. The Labute approximate surface area is 193 Å². The number of hydrogen-bond acceptors (Lipinski definition) is 1. The molecule has 0 aromatic carbocycles. The number of fused-ring (bicyclic) bond motifs is 3. The summed E-state index contributed by atoms with van der Waals surface area (Å²) in [6, 6.07) is 0. The SMILES string of the molecule is C=C1CCCC(C)(C)[C@@H]1C[C@@H]1O[C@]2(C)CC[C@H]3C(C)(C)CCC[C@]3(C)[C@H]2CCC=C1C. The van der Waals surface area contributed by atoms with Gasteiger partial charge in [-0.1, -0.05) is 59.3 Å². The van der Waals surface area contributed by atoms with E-state index in [0.717, 1.165) is 12.3 Å². The van der Waals surface area contributed by atoms with E-state index in [2.05, 4.69) is 61.1 Å². The molecule has 1 nitrogen and oxygen atoms in total. The zero-order valence-corrected chi connectivity index (χ0v) is 21.8. The van der Waals surface area contributed by atoms with E-state index in [1.165, 1.54) is 75.4 Å². The molecule has 0 N–H and O–H groups in total. The summed E-state index contributed by atoms with van der Waals surface area (Å²) in [5.74, 6) is 2.10. The van der Waals surface area contributed by atoms with Crippen LogP contribution in [0.4, 0.5) is 0 Å². The van der Waals surface area contributed by atoms with Crippen LogP contribution in [-0.2, 0) is 4.74 Å². The van der Waals surface area contributed by atoms with Crippen LogP contribution in [-0.4, -0.2) is 11.7 Å². The summed E-state index contributed by atoms with van der Waals surface area (Å²) in [6.45, 7) is 22.0. The number of ether oxygens (including phenoxy) is 1. The third kappa shape index (κ3) is 4.11. The van der Waals surface area contributed by atoms with Crippen molar-refractivity contribution < 1.29 is 4.74 Å². The number of rotatable bonds is 2. The molecule has 4 rings (SSSR count). The molecule has 0 aromatic heterocycles. The standard InChI is InChI=1S/C30H50O/c1-21-13-10-16-27(3,4)23(21)20-24-22(2)12-9-14-26-29(7)18-11-17-28(5,6)25(29)15-19-30(26,8)31-24/h12,23-26H,1,9-11,13-20H2,2-8H3/t23-,24+,25+,26-,29+,30-/m1/s1. The molecule has 0 aromatic rings. The van der Waals surface area contributed by atoms with Gasteiger partial charge in [-0.3, -0.25) is 0 Å². The zero-order chi connectivity index (χ0) is 22.7. The van der Waals surface area contributed by atoms with Crippen molar-refractivity contribution in [2.75, 3.05) is 0 Å². The minimum atomic E-state index is 0.0129. The lowest BCUT2D eigenvalue weighted by atomic mass is 9.45. The molecule has 31 heavy (non-hydrogen) atoms. The third-order valence-electron chi connectivity index (χ3n) is 10.8. The first-order chi connectivity index (χ1) is 14.4. The van der Waals surface area contributed by atoms with Gasteiger partial charge in [-0.15, -0.1) is 0 Å². The predicted octanol–water partition coefficient (Wildman–Crippen LogP) is 8.89. The lowest BCUT2D eigenvalue weighted by Crippen LogP contribution is -2.59. The molecule has 1 heteroatoms. The molecule has 1 heterocycles. The van der Waals surface area contributed by atoms with Gasteiger partial charge in [0.25, 0.3) is 0 Å². The van der Waals surface area contributed by atoms with Crippen molar-refractivity contribution in [3.63, 3.8) is 0 Å². The smallest absolute Gasteiger partial charge is 0.0795 e. The fourth-order valence-electron chi connectivity index (χ4n) is 9.02. The minimum absolute atomic E-state index is 0.0129. The van der Waals surface area contributed by atoms with E-state index < -0.39 is 0 Å². The molecule has 0 spiro atoms. The van der Waals surface area contributed by atoms with Gasteiger partial charge < -0.3 is 4.74 Å². The molecular formula is C30H50O. The van der Waals surface area contributed by atoms with E-state index in [0.29, 0.717) is 28.1 Å². The highest BCUT2D eigenvalue weighted by Gasteiger charge is 2.59. The van der Waals surface area contributed by atoms with Crippen LogP contribution in [0.2, 0.25) is 0 Å². The number of allylic oxidation sites excluding steroid dienone is 2. The first kappa shape index (κ1) is 23.6. The van der Waals surface area contributed by atoms with Crippen molar-refractivity contribution >= 4 is 0 Å². The van der Waals surface area contributed by atoms with E-state index in [9.17, 15) is 0 Å². The highest BCUT2D eigenvalue weighted by molar-refractivity contribution is 5.17. The van der Waals surface area contributed by atoms with Crippen LogP contribution in [0.1, 0.15) is 119 Å². The van der Waals surface area contributed by atoms with Gasteiger partial charge in [-0.2, -0.15) is 0 Å². The molecular weight excluding hydrogens is 376 g/mol. The Morgan fingerprint density at radius 2 is 1.61 bits per heavy atom. The average molecular weight is 427 g/mol. The van der Waals surface area contributed by atoms with Gasteiger partial charge in [0.15, 0.2) is 0 Å². The first-order valence-electron chi connectivity index (χ1n) is 13.4. The molecule has 1 aliphatic heterocycles. The van der Waals surface area contributed by atoms with Gasteiger partial charge in [-0.05, 0) is 118 Å². The molecule has 0 amide bonds. The van der Waals surface area contributed by atoms with Crippen LogP contribution in [0.5, 0.6) is 0 Å². The van der Waals surface area contributed by atoms with Crippen molar-refractivity contribution in [2.45, 2.75) is 131 Å². The zero-order valence-electron chi connectivity index (χ0n) is 21.8.